The summed E-state index contributed by atoms with van der Waals surface area (Å²) in [5.41, 5.74) is 2.57. The SMILES string of the molecule is Cc1coc(Sc2ccc3nnc(-c4ccsc4)n3n2)n1. The molecule has 0 saturated carbocycles. The van der Waals surface area contributed by atoms with Crippen molar-refractivity contribution in [1.29, 1.82) is 0 Å². The van der Waals surface area contributed by atoms with Gasteiger partial charge in [-0.3, -0.25) is 0 Å². The molecule has 0 amide bonds. The lowest BCUT2D eigenvalue weighted by Gasteiger charge is -1.99. The maximum Gasteiger partial charge on any atom is 0.262 e. The zero-order valence-electron chi connectivity index (χ0n) is 10.9. The van der Waals surface area contributed by atoms with Crippen molar-refractivity contribution >= 4 is 28.7 Å². The molecule has 0 fully saturated rings. The highest BCUT2D eigenvalue weighted by atomic mass is 32.2. The van der Waals surface area contributed by atoms with Crippen LogP contribution < -0.4 is 0 Å². The average molecular weight is 315 g/mol. The number of hydrogen-bond donors (Lipinski definition) is 0. The Bertz CT molecular complexity index is 896. The zero-order valence-corrected chi connectivity index (χ0v) is 12.6. The van der Waals surface area contributed by atoms with Crippen molar-refractivity contribution in [2.75, 3.05) is 0 Å². The van der Waals surface area contributed by atoms with Crippen molar-refractivity contribution < 1.29 is 4.42 Å². The first kappa shape index (κ1) is 12.5. The summed E-state index contributed by atoms with van der Waals surface area (Å²) in [7, 11) is 0. The monoisotopic (exact) mass is 315 g/mol. The first-order valence-electron chi connectivity index (χ1n) is 6.14. The fraction of sp³-hybridized carbons (Fsp3) is 0.0769. The second-order valence-corrected chi connectivity index (χ2v) is 6.09. The summed E-state index contributed by atoms with van der Waals surface area (Å²) in [5.74, 6) is 0.734. The molecule has 4 heterocycles. The fourth-order valence-corrected chi connectivity index (χ4v) is 3.22. The quantitative estimate of drug-likeness (QED) is 0.578. The van der Waals surface area contributed by atoms with Gasteiger partial charge in [0.2, 0.25) is 0 Å². The summed E-state index contributed by atoms with van der Waals surface area (Å²) in [6.45, 7) is 1.89. The van der Waals surface area contributed by atoms with Gasteiger partial charge in [-0.2, -0.15) is 21.0 Å². The van der Waals surface area contributed by atoms with Crippen LogP contribution in [0.4, 0.5) is 0 Å². The van der Waals surface area contributed by atoms with Gasteiger partial charge >= 0.3 is 0 Å². The number of aryl methyl sites for hydroxylation is 1. The van der Waals surface area contributed by atoms with Crippen molar-refractivity contribution in [3.63, 3.8) is 0 Å². The third-order valence-electron chi connectivity index (χ3n) is 2.81. The lowest BCUT2D eigenvalue weighted by Crippen LogP contribution is -1.95. The highest BCUT2D eigenvalue weighted by molar-refractivity contribution is 7.99. The number of nitrogens with zero attached hydrogens (tertiary/aromatic N) is 5. The molecule has 0 aliphatic rings. The molecule has 0 aromatic carbocycles. The maximum absolute atomic E-state index is 5.34. The standard InChI is InChI=1S/C13H9N5OS2/c1-8-6-19-13(14-8)21-11-3-2-10-15-16-12(18(10)17-11)9-4-5-20-7-9/h2-7H,1H3. The molecule has 104 valence electrons. The van der Waals surface area contributed by atoms with Gasteiger partial charge in [0.05, 0.1) is 5.69 Å². The molecule has 0 atom stereocenters. The average Bonchev–Trinajstić information content (AvgIpc) is 3.18. The minimum Gasteiger partial charge on any atom is -0.439 e. The van der Waals surface area contributed by atoms with Gasteiger partial charge < -0.3 is 4.42 Å². The van der Waals surface area contributed by atoms with E-state index in [-0.39, 0.29) is 0 Å². The van der Waals surface area contributed by atoms with Crippen LogP contribution in [0.25, 0.3) is 17.0 Å². The number of oxazole rings is 1. The summed E-state index contributed by atoms with van der Waals surface area (Å²) in [6, 6.07) is 5.76. The lowest BCUT2D eigenvalue weighted by atomic mass is 10.3. The van der Waals surface area contributed by atoms with Crippen molar-refractivity contribution in [2.24, 2.45) is 0 Å². The van der Waals surface area contributed by atoms with E-state index in [1.54, 1.807) is 22.1 Å². The van der Waals surface area contributed by atoms with E-state index in [1.807, 2.05) is 35.9 Å². The smallest absolute Gasteiger partial charge is 0.262 e. The largest absolute Gasteiger partial charge is 0.439 e. The summed E-state index contributed by atoms with van der Waals surface area (Å²) >= 11 is 2.99. The number of thiophene rings is 1. The minimum atomic E-state index is 0.574. The number of fused-ring (bicyclic) bond motifs is 1. The first-order valence-corrected chi connectivity index (χ1v) is 7.90. The van der Waals surface area contributed by atoms with E-state index in [4.69, 9.17) is 4.42 Å². The lowest BCUT2D eigenvalue weighted by molar-refractivity contribution is 0.453. The molecule has 8 heteroatoms. The third-order valence-corrected chi connectivity index (χ3v) is 4.28. The van der Waals surface area contributed by atoms with E-state index >= 15 is 0 Å². The van der Waals surface area contributed by atoms with E-state index in [0.29, 0.717) is 10.9 Å². The molecule has 6 nitrogen and oxygen atoms in total. The fourth-order valence-electron chi connectivity index (χ4n) is 1.87. The van der Waals surface area contributed by atoms with Crippen molar-refractivity contribution in [2.45, 2.75) is 17.2 Å². The minimum absolute atomic E-state index is 0.574. The van der Waals surface area contributed by atoms with E-state index in [0.717, 1.165) is 22.1 Å². The molecule has 0 aliphatic carbocycles. The molecule has 4 aromatic heterocycles. The van der Waals surface area contributed by atoms with Crippen LogP contribution in [0.3, 0.4) is 0 Å². The van der Waals surface area contributed by atoms with Crippen LogP contribution >= 0.6 is 23.1 Å². The molecule has 0 radical (unpaired) electrons. The van der Waals surface area contributed by atoms with Gasteiger partial charge in [0.15, 0.2) is 11.5 Å². The Kier molecular flexibility index (Phi) is 2.97. The Morgan fingerprint density at radius 3 is 2.95 bits per heavy atom. The number of aromatic nitrogens is 5. The second kappa shape index (κ2) is 4.97. The van der Waals surface area contributed by atoms with Crippen molar-refractivity contribution in [3.05, 3.63) is 40.9 Å². The van der Waals surface area contributed by atoms with Crippen LogP contribution in [-0.4, -0.2) is 24.8 Å². The van der Waals surface area contributed by atoms with E-state index in [9.17, 15) is 0 Å². The molecule has 0 spiro atoms. The Hall–Kier alpha value is -2.19. The second-order valence-electron chi connectivity index (χ2n) is 4.33. The van der Waals surface area contributed by atoms with E-state index in [1.165, 1.54) is 11.8 Å². The zero-order chi connectivity index (χ0) is 14.2. The molecule has 0 bridgehead atoms. The molecule has 21 heavy (non-hydrogen) atoms. The van der Waals surface area contributed by atoms with Gasteiger partial charge in [0.25, 0.3) is 5.22 Å². The molecule has 0 saturated heterocycles. The van der Waals surface area contributed by atoms with Crippen molar-refractivity contribution in [1.82, 2.24) is 24.8 Å². The predicted octanol–water partition coefficient (Wildman–Crippen LogP) is 3.30. The number of hydrogen-bond acceptors (Lipinski definition) is 7. The topological polar surface area (TPSA) is 69.1 Å². The number of rotatable bonds is 3. The predicted molar refractivity (Wildman–Crippen MR) is 79.5 cm³/mol. The van der Waals surface area contributed by atoms with Gasteiger partial charge in [-0.25, -0.2) is 4.98 Å². The Morgan fingerprint density at radius 1 is 1.24 bits per heavy atom. The molecule has 4 aromatic rings. The van der Waals surface area contributed by atoms with Crippen LogP contribution in [-0.2, 0) is 0 Å². The first-order chi connectivity index (χ1) is 10.3. The summed E-state index contributed by atoms with van der Waals surface area (Å²) in [4.78, 5) is 4.26. The highest BCUT2D eigenvalue weighted by Gasteiger charge is 2.12. The van der Waals surface area contributed by atoms with E-state index < -0.39 is 0 Å². The van der Waals surface area contributed by atoms with E-state index in [2.05, 4.69) is 20.3 Å². The maximum atomic E-state index is 5.34. The molecule has 0 unspecified atom stereocenters. The molecule has 0 N–H and O–H groups in total. The Labute approximate surface area is 127 Å². The normalized spacial score (nSPS) is 11.3. The molecule has 0 aliphatic heterocycles. The van der Waals surface area contributed by atoms with Crippen LogP contribution in [0, 0.1) is 6.92 Å². The van der Waals surface area contributed by atoms with Gasteiger partial charge in [0, 0.05) is 10.9 Å². The summed E-state index contributed by atoms with van der Waals surface area (Å²) < 4.78 is 7.07. The Morgan fingerprint density at radius 2 is 2.19 bits per heavy atom. The summed E-state index contributed by atoms with van der Waals surface area (Å²) in [6.07, 6.45) is 1.62. The molecular weight excluding hydrogens is 306 g/mol. The molecule has 4 rings (SSSR count). The van der Waals surface area contributed by atoms with Gasteiger partial charge in [-0.05, 0) is 42.3 Å². The van der Waals surface area contributed by atoms with Gasteiger partial charge in [-0.1, -0.05) is 0 Å². The van der Waals surface area contributed by atoms with Gasteiger partial charge in [-0.15, -0.1) is 10.2 Å². The van der Waals surface area contributed by atoms with Crippen LogP contribution in [0.5, 0.6) is 0 Å². The molecular formula is C13H9N5OS2. The highest BCUT2D eigenvalue weighted by Crippen LogP contribution is 2.26. The van der Waals surface area contributed by atoms with Crippen molar-refractivity contribution in [3.8, 4) is 11.4 Å². The van der Waals surface area contributed by atoms with Crippen LogP contribution in [0.2, 0.25) is 0 Å². The van der Waals surface area contributed by atoms with Gasteiger partial charge in [0.1, 0.15) is 11.3 Å². The summed E-state index contributed by atoms with van der Waals surface area (Å²) in [5, 5.41) is 18.3. The third kappa shape index (κ3) is 2.32. The Balaban J connectivity index is 1.76. The van der Waals surface area contributed by atoms with Crippen LogP contribution in [0.1, 0.15) is 5.69 Å². The van der Waals surface area contributed by atoms with Crippen LogP contribution in [0.15, 0.2) is 49.9 Å².